The number of fused-ring (bicyclic) bond motifs is 1. The second kappa shape index (κ2) is 5.32. The molecule has 0 fully saturated rings. The fourth-order valence-corrected chi connectivity index (χ4v) is 2.91. The lowest BCUT2D eigenvalue weighted by atomic mass is 10.1. The smallest absolute Gasteiger partial charge is 0.268 e. The van der Waals surface area contributed by atoms with Gasteiger partial charge in [0.25, 0.3) is 5.91 Å². The number of nitrogens with zero attached hydrogens (tertiary/aromatic N) is 1. The summed E-state index contributed by atoms with van der Waals surface area (Å²) >= 11 is 3.41. The van der Waals surface area contributed by atoms with Crippen molar-refractivity contribution in [1.29, 1.82) is 0 Å². The summed E-state index contributed by atoms with van der Waals surface area (Å²) in [6.45, 7) is 3.25. The number of carbonyl (C=O) groups is 1. The molecule has 20 heavy (non-hydrogen) atoms. The molecule has 3 rings (SSSR count). The minimum Gasteiger partial charge on any atom is -0.491 e. The first-order chi connectivity index (χ1) is 9.69. The summed E-state index contributed by atoms with van der Waals surface area (Å²) < 4.78 is 8.41. The molecule has 1 N–H and O–H groups in total. The van der Waals surface area contributed by atoms with E-state index in [0.717, 1.165) is 22.3 Å². The molecule has 0 radical (unpaired) electrons. The van der Waals surface area contributed by atoms with E-state index in [9.17, 15) is 4.79 Å². The number of halogens is 1. The average molecular weight is 335 g/mol. The maximum Gasteiger partial charge on any atom is 0.268 e. The van der Waals surface area contributed by atoms with Crippen molar-refractivity contribution in [2.24, 2.45) is 0 Å². The summed E-state index contributed by atoms with van der Waals surface area (Å²) in [6, 6.07) is 9.55. The number of hydrogen-bond donors (Lipinski definition) is 1. The van der Waals surface area contributed by atoms with Gasteiger partial charge in [0.05, 0.1) is 6.04 Å². The SMILES string of the molecule is CCn1cc(Br)cc1C(=O)NC1COc2ccccc21. The van der Waals surface area contributed by atoms with E-state index in [4.69, 9.17) is 4.74 Å². The highest BCUT2D eigenvalue weighted by molar-refractivity contribution is 9.10. The first-order valence-electron chi connectivity index (χ1n) is 6.57. The third kappa shape index (κ3) is 2.33. The highest BCUT2D eigenvalue weighted by Gasteiger charge is 2.26. The molecular formula is C15H15BrN2O2. The molecule has 1 atom stereocenters. The summed E-state index contributed by atoms with van der Waals surface area (Å²) in [5.74, 6) is 0.771. The molecule has 1 unspecified atom stereocenters. The Kier molecular flexibility index (Phi) is 3.53. The zero-order chi connectivity index (χ0) is 14.1. The predicted molar refractivity (Wildman–Crippen MR) is 80.0 cm³/mol. The molecule has 1 amide bonds. The van der Waals surface area contributed by atoms with Crippen LogP contribution >= 0.6 is 15.9 Å². The van der Waals surface area contributed by atoms with Crippen LogP contribution in [0, 0.1) is 0 Å². The van der Waals surface area contributed by atoms with Gasteiger partial charge in [0, 0.05) is 22.8 Å². The number of hydrogen-bond acceptors (Lipinski definition) is 2. The fourth-order valence-electron chi connectivity index (χ4n) is 2.44. The fraction of sp³-hybridized carbons (Fsp3) is 0.267. The average Bonchev–Trinajstić information content (AvgIpc) is 3.03. The number of para-hydroxylation sites is 1. The van der Waals surface area contributed by atoms with Crippen molar-refractivity contribution >= 4 is 21.8 Å². The first-order valence-corrected chi connectivity index (χ1v) is 7.36. The summed E-state index contributed by atoms with van der Waals surface area (Å²) in [6.07, 6.45) is 1.91. The van der Waals surface area contributed by atoms with E-state index in [1.807, 2.05) is 48.0 Å². The van der Waals surface area contributed by atoms with Crippen molar-refractivity contribution in [3.63, 3.8) is 0 Å². The van der Waals surface area contributed by atoms with E-state index in [2.05, 4.69) is 21.2 Å². The zero-order valence-corrected chi connectivity index (χ0v) is 12.7. The van der Waals surface area contributed by atoms with Gasteiger partial charge in [-0.15, -0.1) is 0 Å². The highest BCUT2D eigenvalue weighted by Crippen LogP contribution is 2.31. The Hall–Kier alpha value is -1.75. The highest BCUT2D eigenvalue weighted by atomic mass is 79.9. The van der Waals surface area contributed by atoms with E-state index >= 15 is 0 Å². The van der Waals surface area contributed by atoms with Gasteiger partial charge in [-0.05, 0) is 35.0 Å². The minimum atomic E-state index is -0.0855. The van der Waals surface area contributed by atoms with Crippen LogP contribution in [0.15, 0.2) is 41.0 Å². The largest absolute Gasteiger partial charge is 0.491 e. The van der Waals surface area contributed by atoms with Gasteiger partial charge in [-0.2, -0.15) is 0 Å². The first kappa shape index (κ1) is 13.2. The summed E-state index contributed by atoms with van der Waals surface area (Å²) in [5.41, 5.74) is 1.69. The minimum absolute atomic E-state index is 0.0807. The predicted octanol–water partition coefficient (Wildman–Crippen LogP) is 3.13. The van der Waals surface area contributed by atoms with Gasteiger partial charge in [0.15, 0.2) is 0 Å². The van der Waals surface area contributed by atoms with E-state index in [1.165, 1.54) is 0 Å². The van der Waals surface area contributed by atoms with Crippen molar-refractivity contribution < 1.29 is 9.53 Å². The quantitative estimate of drug-likeness (QED) is 0.937. The second-order valence-corrected chi connectivity index (χ2v) is 5.62. The van der Waals surface area contributed by atoms with Crippen LogP contribution in [0.25, 0.3) is 0 Å². The van der Waals surface area contributed by atoms with Crippen LogP contribution in [0.5, 0.6) is 5.75 Å². The van der Waals surface area contributed by atoms with Gasteiger partial charge < -0.3 is 14.6 Å². The molecule has 1 aromatic carbocycles. The van der Waals surface area contributed by atoms with Crippen molar-refractivity contribution in [1.82, 2.24) is 9.88 Å². The molecule has 1 aromatic heterocycles. The lowest BCUT2D eigenvalue weighted by Gasteiger charge is -2.12. The molecule has 5 heteroatoms. The van der Waals surface area contributed by atoms with Crippen LogP contribution in [-0.2, 0) is 6.54 Å². The van der Waals surface area contributed by atoms with Gasteiger partial charge >= 0.3 is 0 Å². The Morgan fingerprint density at radius 1 is 1.50 bits per heavy atom. The van der Waals surface area contributed by atoms with Gasteiger partial charge in [0.1, 0.15) is 18.1 Å². The van der Waals surface area contributed by atoms with Crippen LogP contribution in [0.4, 0.5) is 0 Å². The van der Waals surface area contributed by atoms with Crippen molar-refractivity contribution in [3.05, 3.63) is 52.3 Å². The number of rotatable bonds is 3. The number of amides is 1. The van der Waals surface area contributed by atoms with Gasteiger partial charge in [-0.25, -0.2) is 0 Å². The van der Waals surface area contributed by atoms with E-state index in [-0.39, 0.29) is 11.9 Å². The molecule has 0 saturated heterocycles. The van der Waals surface area contributed by atoms with Crippen LogP contribution < -0.4 is 10.1 Å². The number of ether oxygens (including phenoxy) is 1. The Morgan fingerprint density at radius 3 is 3.10 bits per heavy atom. The van der Waals surface area contributed by atoms with Crippen LogP contribution in [0.1, 0.15) is 29.0 Å². The maximum atomic E-state index is 12.4. The third-order valence-corrected chi connectivity index (χ3v) is 3.88. The molecule has 0 aliphatic carbocycles. The molecule has 0 bridgehead atoms. The molecular weight excluding hydrogens is 320 g/mol. The zero-order valence-electron chi connectivity index (χ0n) is 11.1. The van der Waals surface area contributed by atoms with Crippen molar-refractivity contribution in [3.8, 4) is 5.75 Å². The number of aromatic nitrogens is 1. The molecule has 1 aliphatic rings. The van der Waals surface area contributed by atoms with Gasteiger partial charge in [0.2, 0.25) is 0 Å². The Labute approximate surface area is 125 Å². The number of aryl methyl sites for hydroxylation is 1. The van der Waals surface area contributed by atoms with Crippen LogP contribution in [0.3, 0.4) is 0 Å². The second-order valence-electron chi connectivity index (χ2n) is 4.70. The molecule has 1 aliphatic heterocycles. The molecule has 2 heterocycles. The van der Waals surface area contributed by atoms with E-state index < -0.39 is 0 Å². The normalized spacial score (nSPS) is 16.6. The van der Waals surface area contributed by atoms with Crippen molar-refractivity contribution in [2.45, 2.75) is 19.5 Å². The monoisotopic (exact) mass is 334 g/mol. The molecule has 2 aromatic rings. The van der Waals surface area contributed by atoms with E-state index in [0.29, 0.717) is 12.3 Å². The Bertz CT molecular complexity index is 651. The Balaban J connectivity index is 1.80. The number of nitrogens with one attached hydrogen (secondary N) is 1. The molecule has 0 saturated carbocycles. The summed E-state index contributed by atoms with van der Waals surface area (Å²) in [4.78, 5) is 12.4. The van der Waals surface area contributed by atoms with E-state index in [1.54, 1.807) is 0 Å². The van der Waals surface area contributed by atoms with Crippen LogP contribution in [0.2, 0.25) is 0 Å². The lowest BCUT2D eigenvalue weighted by Crippen LogP contribution is -2.30. The van der Waals surface area contributed by atoms with Crippen molar-refractivity contribution in [2.75, 3.05) is 6.61 Å². The molecule has 0 spiro atoms. The molecule has 4 nitrogen and oxygen atoms in total. The lowest BCUT2D eigenvalue weighted by molar-refractivity contribution is 0.0921. The Morgan fingerprint density at radius 2 is 2.30 bits per heavy atom. The van der Waals surface area contributed by atoms with Gasteiger partial charge in [-0.3, -0.25) is 4.79 Å². The standard InChI is InChI=1S/C15H15BrN2O2/c1-2-18-8-10(16)7-13(18)15(19)17-12-9-20-14-6-4-3-5-11(12)14/h3-8,12H,2,9H2,1H3,(H,17,19). The molecule has 104 valence electrons. The summed E-state index contributed by atoms with van der Waals surface area (Å²) in [7, 11) is 0. The van der Waals surface area contributed by atoms with Crippen LogP contribution in [-0.4, -0.2) is 17.1 Å². The maximum absolute atomic E-state index is 12.4. The number of carbonyl (C=O) groups excluding carboxylic acids is 1. The van der Waals surface area contributed by atoms with Gasteiger partial charge in [-0.1, -0.05) is 18.2 Å². The topological polar surface area (TPSA) is 43.3 Å². The summed E-state index contributed by atoms with van der Waals surface area (Å²) in [5, 5.41) is 3.03. The number of benzene rings is 1. The third-order valence-electron chi connectivity index (χ3n) is 3.44.